The van der Waals surface area contributed by atoms with Crippen LogP contribution >= 0.6 is 21.6 Å². The molecule has 98 valence electrons. The predicted octanol–water partition coefficient (Wildman–Crippen LogP) is 4.58. The summed E-state index contributed by atoms with van der Waals surface area (Å²) in [7, 11) is 3.11. The van der Waals surface area contributed by atoms with E-state index in [1.54, 1.807) is 29.0 Å². The summed E-state index contributed by atoms with van der Waals surface area (Å²) in [6.07, 6.45) is 0.971. The van der Waals surface area contributed by atoms with Gasteiger partial charge in [0.1, 0.15) is 0 Å². The van der Waals surface area contributed by atoms with Crippen molar-refractivity contribution < 1.29 is 4.92 Å². The second-order valence-corrected chi connectivity index (χ2v) is 6.32. The molecule has 0 saturated carbocycles. The summed E-state index contributed by atoms with van der Waals surface area (Å²) >= 11 is 0. The highest BCUT2D eigenvalue weighted by Gasteiger charge is 2.12. The highest BCUT2D eigenvalue weighted by Crippen LogP contribution is 2.37. The summed E-state index contributed by atoms with van der Waals surface area (Å²) in [4.78, 5) is 11.2. The van der Waals surface area contributed by atoms with E-state index in [1.165, 1.54) is 16.4 Å². The van der Waals surface area contributed by atoms with E-state index in [0.29, 0.717) is 4.90 Å². The molecule has 3 nitrogen and oxygen atoms in total. The Balaban J connectivity index is 1.85. The van der Waals surface area contributed by atoms with E-state index in [2.05, 4.69) is 12.1 Å². The maximum Gasteiger partial charge on any atom is 0.283 e. The van der Waals surface area contributed by atoms with Gasteiger partial charge in [-0.1, -0.05) is 64.1 Å². The molecular formula is C14H13NO2S2. The fourth-order valence-electron chi connectivity index (χ4n) is 1.59. The second-order valence-electron chi connectivity index (χ2n) is 3.87. The van der Waals surface area contributed by atoms with Crippen LogP contribution in [-0.2, 0) is 6.42 Å². The Hall–Kier alpha value is -1.46. The first-order valence-corrected chi connectivity index (χ1v) is 8.16. The van der Waals surface area contributed by atoms with Crippen LogP contribution in [0.5, 0.6) is 0 Å². The SMILES string of the molecule is O=[N+]([O-])c1ccccc1SSCCc1ccccc1. The zero-order valence-corrected chi connectivity index (χ0v) is 11.8. The molecule has 0 heterocycles. The first-order valence-electron chi connectivity index (χ1n) is 5.84. The molecule has 2 aromatic carbocycles. The first-order chi connectivity index (χ1) is 9.27. The molecule has 0 unspecified atom stereocenters. The molecule has 0 atom stereocenters. The Kier molecular flexibility index (Phi) is 5.30. The Morgan fingerprint density at radius 2 is 1.68 bits per heavy atom. The average Bonchev–Trinajstić information content (AvgIpc) is 2.45. The number of para-hydroxylation sites is 1. The van der Waals surface area contributed by atoms with E-state index in [1.807, 2.05) is 24.3 Å². The van der Waals surface area contributed by atoms with Gasteiger partial charge in [-0.05, 0) is 18.1 Å². The number of nitro benzene ring substituents is 1. The quantitative estimate of drug-likeness (QED) is 0.338. The monoisotopic (exact) mass is 291 g/mol. The summed E-state index contributed by atoms with van der Waals surface area (Å²) in [6.45, 7) is 0. The molecule has 19 heavy (non-hydrogen) atoms. The van der Waals surface area contributed by atoms with Gasteiger partial charge < -0.3 is 0 Å². The van der Waals surface area contributed by atoms with Crippen LogP contribution in [0.1, 0.15) is 5.56 Å². The normalized spacial score (nSPS) is 10.3. The number of nitro groups is 1. The number of rotatable bonds is 6. The molecule has 0 spiro atoms. The van der Waals surface area contributed by atoms with Gasteiger partial charge >= 0.3 is 0 Å². The van der Waals surface area contributed by atoms with Crippen molar-refractivity contribution in [3.8, 4) is 0 Å². The van der Waals surface area contributed by atoms with Gasteiger partial charge in [0.05, 0.1) is 9.82 Å². The Bertz CT molecular complexity index is 546. The van der Waals surface area contributed by atoms with Crippen LogP contribution < -0.4 is 0 Å². The Morgan fingerprint density at radius 3 is 2.42 bits per heavy atom. The van der Waals surface area contributed by atoms with Crippen LogP contribution in [0, 0.1) is 10.1 Å². The number of aryl methyl sites for hydroxylation is 1. The van der Waals surface area contributed by atoms with E-state index in [0.717, 1.165) is 12.2 Å². The summed E-state index contributed by atoms with van der Waals surface area (Å²) < 4.78 is 0. The molecule has 0 aromatic heterocycles. The molecule has 0 aliphatic heterocycles. The third-order valence-corrected chi connectivity index (χ3v) is 4.93. The smallest absolute Gasteiger partial charge is 0.258 e. The van der Waals surface area contributed by atoms with E-state index in [9.17, 15) is 10.1 Å². The van der Waals surface area contributed by atoms with Crippen LogP contribution in [0.3, 0.4) is 0 Å². The van der Waals surface area contributed by atoms with Crippen molar-refractivity contribution in [1.82, 2.24) is 0 Å². The Morgan fingerprint density at radius 1 is 1.00 bits per heavy atom. The average molecular weight is 291 g/mol. The van der Waals surface area contributed by atoms with Crippen molar-refractivity contribution in [2.75, 3.05) is 5.75 Å². The minimum Gasteiger partial charge on any atom is -0.258 e. The van der Waals surface area contributed by atoms with Gasteiger partial charge in [0.25, 0.3) is 5.69 Å². The highest BCUT2D eigenvalue weighted by molar-refractivity contribution is 8.76. The maximum atomic E-state index is 10.9. The third kappa shape index (κ3) is 4.29. The standard InChI is InChI=1S/C14H13NO2S2/c16-15(17)13-8-4-5-9-14(13)19-18-11-10-12-6-2-1-3-7-12/h1-9H,10-11H2. The van der Waals surface area contributed by atoms with E-state index < -0.39 is 0 Å². The molecule has 2 aromatic rings. The number of hydrogen-bond acceptors (Lipinski definition) is 4. The molecule has 0 fully saturated rings. The van der Waals surface area contributed by atoms with Crippen molar-refractivity contribution >= 4 is 27.3 Å². The fourth-order valence-corrected chi connectivity index (χ4v) is 3.78. The van der Waals surface area contributed by atoms with E-state index in [-0.39, 0.29) is 10.6 Å². The molecule has 0 amide bonds. The van der Waals surface area contributed by atoms with Crippen molar-refractivity contribution in [2.24, 2.45) is 0 Å². The van der Waals surface area contributed by atoms with Crippen molar-refractivity contribution in [1.29, 1.82) is 0 Å². The molecule has 0 saturated heterocycles. The summed E-state index contributed by atoms with van der Waals surface area (Å²) in [5.74, 6) is 0.931. The summed E-state index contributed by atoms with van der Waals surface area (Å²) in [6, 6.07) is 17.1. The van der Waals surface area contributed by atoms with E-state index in [4.69, 9.17) is 0 Å². The van der Waals surface area contributed by atoms with Crippen molar-refractivity contribution in [3.05, 3.63) is 70.3 Å². The Labute approximate surface area is 120 Å². The van der Waals surface area contributed by atoms with Gasteiger partial charge in [-0.25, -0.2) is 0 Å². The fraction of sp³-hybridized carbons (Fsp3) is 0.143. The second kappa shape index (κ2) is 7.21. The van der Waals surface area contributed by atoms with Crippen LogP contribution in [0.15, 0.2) is 59.5 Å². The highest BCUT2D eigenvalue weighted by atomic mass is 33.1. The van der Waals surface area contributed by atoms with Gasteiger partial charge in [-0.2, -0.15) is 0 Å². The minimum absolute atomic E-state index is 0.180. The van der Waals surface area contributed by atoms with E-state index >= 15 is 0 Å². The van der Waals surface area contributed by atoms with Crippen molar-refractivity contribution in [3.63, 3.8) is 0 Å². The van der Waals surface area contributed by atoms with Crippen molar-refractivity contribution in [2.45, 2.75) is 11.3 Å². The molecule has 0 aliphatic carbocycles. The number of benzene rings is 2. The molecule has 5 heteroatoms. The topological polar surface area (TPSA) is 43.1 Å². The maximum absolute atomic E-state index is 10.9. The van der Waals surface area contributed by atoms with Crippen LogP contribution in [0.4, 0.5) is 5.69 Å². The van der Waals surface area contributed by atoms with Gasteiger partial charge in [-0.3, -0.25) is 10.1 Å². The number of hydrogen-bond donors (Lipinski definition) is 0. The predicted molar refractivity (Wildman–Crippen MR) is 81.6 cm³/mol. The zero-order chi connectivity index (χ0) is 13.5. The van der Waals surface area contributed by atoms with Crippen LogP contribution in [0.2, 0.25) is 0 Å². The third-order valence-electron chi connectivity index (χ3n) is 2.53. The lowest BCUT2D eigenvalue weighted by molar-refractivity contribution is -0.387. The molecule has 2 rings (SSSR count). The van der Waals surface area contributed by atoms with Crippen LogP contribution in [0.25, 0.3) is 0 Å². The molecule has 0 radical (unpaired) electrons. The van der Waals surface area contributed by atoms with Gasteiger partial charge in [-0.15, -0.1) is 0 Å². The minimum atomic E-state index is -0.333. The molecule has 0 bridgehead atoms. The van der Waals surface area contributed by atoms with Gasteiger partial charge in [0.15, 0.2) is 0 Å². The lowest BCUT2D eigenvalue weighted by atomic mass is 10.2. The number of nitrogens with zero attached hydrogens (tertiary/aromatic N) is 1. The zero-order valence-electron chi connectivity index (χ0n) is 10.2. The lowest BCUT2D eigenvalue weighted by Gasteiger charge is -2.02. The summed E-state index contributed by atoms with van der Waals surface area (Å²) in [5, 5.41) is 10.9. The molecule has 0 aliphatic rings. The van der Waals surface area contributed by atoms with Crippen LogP contribution in [-0.4, -0.2) is 10.7 Å². The van der Waals surface area contributed by atoms with Gasteiger partial charge in [0.2, 0.25) is 0 Å². The lowest BCUT2D eigenvalue weighted by Crippen LogP contribution is -1.90. The van der Waals surface area contributed by atoms with Gasteiger partial charge in [0, 0.05) is 11.8 Å². The summed E-state index contributed by atoms with van der Waals surface area (Å²) in [5.41, 5.74) is 1.47. The largest absolute Gasteiger partial charge is 0.283 e. The molecular weight excluding hydrogens is 278 g/mol. The molecule has 0 N–H and O–H groups in total. The first kappa shape index (κ1) is 14.0.